The van der Waals surface area contributed by atoms with Crippen molar-refractivity contribution in [2.24, 2.45) is 5.84 Å². The summed E-state index contributed by atoms with van der Waals surface area (Å²) in [5, 5.41) is 2.95. The van der Waals surface area contributed by atoms with Crippen molar-refractivity contribution < 1.29 is 13.2 Å². The second kappa shape index (κ2) is 6.44. The molecular formula is C12H19F3N6. The third-order valence-corrected chi connectivity index (χ3v) is 3.57. The molecule has 1 fully saturated rings. The van der Waals surface area contributed by atoms with Gasteiger partial charge in [0.2, 0.25) is 5.95 Å². The number of hydrogen-bond donors (Lipinski definition) is 3. The largest absolute Gasteiger partial charge is 0.433 e. The summed E-state index contributed by atoms with van der Waals surface area (Å²) in [5.74, 6) is 4.97. The molecule has 1 saturated heterocycles. The zero-order valence-electron chi connectivity index (χ0n) is 11.7. The first-order valence-corrected chi connectivity index (χ1v) is 6.85. The van der Waals surface area contributed by atoms with Gasteiger partial charge in [-0.1, -0.05) is 6.92 Å². The molecule has 1 aliphatic rings. The molecule has 2 rings (SSSR count). The zero-order chi connectivity index (χ0) is 15.5. The molecule has 0 aromatic carbocycles. The van der Waals surface area contributed by atoms with Crippen LogP contribution in [0.4, 0.5) is 24.9 Å². The predicted molar refractivity (Wildman–Crippen MR) is 73.6 cm³/mol. The number of halogens is 3. The third-order valence-electron chi connectivity index (χ3n) is 3.57. The lowest BCUT2D eigenvalue weighted by Gasteiger charge is -2.23. The van der Waals surface area contributed by atoms with E-state index in [9.17, 15) is 13.2 Å². The van der Waals surface area contributed by atoms with Crippen LogP contribution in [0, 0.1) is 0 Å². The Hall–Kier alpha value is -1.61. The Kier molecular flexibility index (Phi) is 4.84. The molecule has 21 heavy (non-hydrogen) atoms. The number of hydrazine groups is 1. The van der Waals surface area contributed by atoms with E-state index in [4.69, 9.17) is 5.84 Å². The maximum Gasteiger partial charge on any atom is 0.433 e. The fourth-order valence-electron chi connectivity index (χ4n) is 2.51. The molecule has 6 nitrogen and oxygen atoms in total. The van der Waals surface area contributed by atoms with Crippen molar-refractivity contribution in [2.45, 2.75) is 32.0 Å². The van der Waals surface area contributed by atoms with E-state index < -0.39 is 11.9 Å². The number of likely N-dealkylation sites (N-methyl/N-ethyl adjacent to an activating group) is 1. The minimum Gasteiger partial charge on any atom is -0.368 e. The van der Waals surface area contributed by atoms with E-state index in [-0.39, 0.29) is 11.8 Å². The summed E-state index contributed by atoms with van der Waals surface area (Å²) in [6.07, 6.45) is -2.40. The number of likely N-dealkylation sites (tertiary alicyclic amines) is 1. The average Bonchev–Trinajstić information content (AvgIpc) is 2.91. The van der Waals surface area contributed by atoms with Crippen LogP contribution in [0.1, 0.15) is 25.5 Å². The van der Waals surface area contributed by atoms with Crippen molar-refractivity contribution in [1.82, 2.24) is 14.9 Å². The molecule has 0 saturated carbocycles. The Morgan fingerprint density at radius 2 is 2.19 bits per heavy atom. The highest BCUT2D eigenvalue weighted by molar-refractivity contribution is 5.42. The number of nitrogen functional groups attached to an aromatic ring is 1. The number of hydrogen-bond acceptors (Lipinski definition) is 6. The maximum atomic E-state index is 12.7. The van der Waals surface area contributed by atoms with Crippen LogP contribution < -0.4 is 16.6 Å². The first-order valence-electron chi connectivity index (χ1n) is 6.85. The van der Waals surface area contributed by atoms with Gasteiger partial charge in [0.05, 0.1) is 0 Å². The molecule has 0 aliphatic carbocycles. The molecule has 2 heterocycles. The van der Waals surface area contributed by atoms with E-state index in [1.165, 1.54) is 0 Å². The highest BCUT2D eigenvalue weighted by Gasteiger charge is 2.34. The molecule has 4 N–H and O–H groups in total. The van der Waals surface area contributed by atoms with Crippen LogP contribution in [0.2, 0.25) is 0 Å². The van der Waals surface area contributed by atoms with Gasteiger partial charge in [0.1, 0.15) is 5.82 Å². The average molecular weight is 304 g/mol. The van der Waals surface area contributed by atoms with Crippen LogP contribution in [0.3, 0.4) is 0 Å². The molecule has 0 amide bonds. The summed E-state index contributed by atoms with van der Waals surface area (Å²) in [6, 6.07) is 1.21. The monoisotopic (exact) mass is 304 g/mol. The van der Waals surface area contributed by atoms with Crippen molar-refractivity contribution >= 4 is 11.8 Å². The van der Waals surface area contributed by atoms with Crippen molar-refractivity contribution in [2.75, 3.05) is 30.4 Å². The van der Waals surface area contributed by atoms with Gasteiger partial charge < -0.3 is 5.32 Å². The topological polar surface area (TPSA) is 79.1 Å². The number of rotatable bonds is 5. The number of alkyl halides is 3. The molecule has 1 aromatic heterocycles. The lowest BCUT2D eigenvalue weighted by molar-refractivity contribution is -0.141. The van der Waals surface area contributed by atoms with E-state index in [0.29, 0.717) is 12.6 Å². The van der Waals surface area contributed by atoms with E-state index in [1.807, 2.05) is 0 Å². The highest BCUT2D eigenvalue weighted by Crippen LogP contribution is 2.29. The van der Waals surface area contributed by atoms with E-state index >= 15 is 0 Å². The van der Waals surface area contributed by atoms with Crippen molar-refractivity contribution in [3.8, 4) is 0 Å². The number of nitrogens with two attached hydrogens (primary N) is 1. The molecule has 1 atom stereocenters. The lowest BCUT2D eigenvalue weighted by Crippen LogP contribution is -2.34. The second-order valence-electron chi connectivity index (χ2n) is 4.91. The summed E-state index contributed by atoms with van der Waals surface area (Å²) >= 11 is 0. The zero-order valence-corrected chi connectivity index (χ0v) is 11.7. The summed E-state index contributed by atoms with van der Waals surface area (Å²) < 4.78 is 38.2. The van der Waals surface area contributed by atoms with Gasteiger partial charge in [0.25, 0.3) is 0 Å². The highest BCUT2D eigenvalue weighted by atomic mass is 19.4. The Labute approximate surface area is 120 Å². The first kappa shape index (κ1) is 15.8. The molecule has 9 heteroatoms. The van der Waals surface area contributed by atoms with Crippen LogP contribution in [-0.4, -0.2) is 40.5 Å². The van der Waals surface area contributed by atoms with Crippen LogP contribution in [0.25, 0.3) is 0 Å². The smallest absolute Gasteiger partial charge is 0.368 e. The summed E-state index contributed by atoms with van der Waals surface area (Å²) in [4.78, 5) is 9.50. The fourth-order valence-corrected chi connectivity index (χ4v) is 2.51. The van der Waals surface area contributed by atoms with E-state index in [0.717, 1.165) is 32.0 Å². The van der Waals surface area contributed by atoms with Crippen molar-refractivity contribution in [1.29, 1.82) is 0 Å². The Balaban J connectivity index is 2.09. The van der Waals surface area contributed by atoms with E-state index in [1.54, 1.807) is 0 Å². The third kappa shape index (κ3) is 3.94. The summed E-state index contributed by atoms with van der Waals surface area (Å²) in [6.45, 7) is 4.57. The Morgan fingerprint density at radius 3 is 2.81 bits per heavy atom. The first-order chi connectivity index (χ1) is 9.94. The van der Waals surface area contributed by atoms with Gasteiger partial charge in [-0.25, -0.2) is 10.8 Å². The SMILES string of the molecule is CCN1CCCC1CNc1cc(C(F)(F)F)nc(NN)n1. The van der Waals surface area contributed by atoms with Gasteiger partial charge in [0.15, 0.2) is 5.69 Å². The number of nitrogens with one attached hydrogen (secondary N) is 2. The molecule has 0 bridgehead atoms. The second-order valence-corrected chi connectivity index (χ2v) is 4.91. The van der Waals surface area contributed by atoms with Crippen molar-refractivity contribution in [3.05, 3.63) is 11.8 Å². The molecule has 0 radical (unpaired) electrons. The van der Waals surface area contributed by atoms with Gasteiger partial charge in [-0.15, -0.1) is 0 Å². The Bertz CT molecular complexity index is 479. The van der Waals surface area contributed by atoms with Gasteiger partial charge >= 0.3 is 6.18 Å². The lowest BCUT2D eigenvalue weighted by atomic mass is 10.2. The van der Waals surface area contributed by atoms with Crippen LogP contribution in [0.5, 0.6) is 0 Å². The number of anilines is 2. The molecule has 1 aliphatic heterocycles. The summed E-state index contributed by atoms with van der Waals surface area (Å²) in [5.41, 5.74) is 1.03. The van der Waals surface area contributed by atoms with Gasteiger partial charge in [-0.2, -0.15) is 18.2 Å². The van der Waals surface area contributed by atoms with Gasteiger partial charge in [-0.05, 0) is 25.9 Å². The number of nitrogens with zero attached hydrogens (tertiary/aromatic N) is 3. The van der Waals surface area contributed by atoms with Crippen molar-refractivity contribution in [3.63, 3.8) is 0 Å². The minimum atomic E-state index is -4.53. The molecule has 1 unspecified atom stereocenters. The molecule has 118 valence electrons. The molecule has 0 spiro atoms. The normalized spacial score (nSPS) is 19.8. The van der Waals surface area contributed by atoms with Gasteiger partial charge in [-0.3, -0.25) is 10.3 Å². The minimum absolute atomic E-state index is 0.119. The van der Waals surface area contributed by atoms with E-state index in [2.05, 4.69) is 32.5 Å². The predicted octanol–water partition coefficient (Wildman–Crippen LogP) is 1.68. The standard InChI is InChI=1S/C12H19F3N6/c1-2-21-5-3-4-8(21)7-17-10-6-9(12(13,14)15)18-11(19-10)20-16/h6,8H,2-5,7,16H2,1H3,(H2,17,18,19,20). The Morgan fingerprint density at radius 1 is 1.43 bits per heavy atom. The van der Waals surface area contributed by atoms with Gasteiger partial charge in [0, 0.05) is 18.7 Å². The summed E-state index contributed by atoms with van der Waals surface area (Å²) in [7, 11) is 0. The quantitative estimate of drug-likeness (QED) is 0.567. The van der Waals surface area contributed by atoms with Crippen LogP contribution in [-0.2, 0) is 6.18 Å². The van der Waals surface area contributed by atoms with Crippen LogP contribution in [0.15, 0.2) is 6.07 Å². The fraction of sp³-hybridized carbons (Fsp3) is 0.667. The number of aromatic nitrogens is 2. The molecule has 1 aromatic rings. The van der Waals surface area contributed by atoms with Crippen LogP contribution >= 0.6 is 0 Å². The maximum absolute atomic E-state index is 12.7. The molecular weight excluding hydrogens is 285 g/mol.